The van der Waals surface area contributed by atoms with E-state index in [0.29, 0.717) is 5.56 Å². The number of hydrogen-bond donors (Lipinski definition) is 1. The van der Waals surface area contributed by atoms with Crippen molar-refractivity contribution in [1.29, 1.82) is 5.26 Å². The van der Waals surface area contributed by atoms with Crippen molar-refractivity contribution < 1.29 is 4.90 Å². The van der Waals surface area contributed by atoms with Gasteiger partial charge in [0.2, 0.25) is 0 Å². The maximum absolute atomic E-state index is 9.42. The smallest absolute Gasteiger partial charge is 0.114 e. The lowest BCUT2D eigenvalue weighted by atomic mass is 10.0. The molecule has 1 unspecified atom stereocenters. The van der Waals surface area contributed by atoms with E-state index in [-0.39, 0.29) is 0 Å². The molecule has 1 aliphatic heterocycles. The molecule has 1 aromatic carbocycles. The number of benzene rings is 1. The normalized spacial score (nSPS) is 16.9. The summed E-state index contributed by atoms with van der Waals surface area (Å²) in [5.74, 6) is 0.813. The van der Waals surface area contributed by atoms with E-state index in [2.05, 4.69) is 35.1 Å². The van der Waals surface area contributed by atoms with Crippen LogP contribution in [0.15, 0.2) is 39.8 Å². The van der Waals surface area contributed by atoms with Gasteiger partial charge in [0, 0.05) is 22.2 Å². The van der Waals surface area contributed by atoms with Crippen molar-refractivity contribution >= 4 is 27.7 Å². The van der Waals surface area contributed by atoms with Crippen molar-refractivity contribution in [1.82, 2.24) is 4.98 Å². The van der Waals surface area contributed by atoms with Gasteiger partial charge in [0.15, 0.2) is 0 Å². The molecule has 2 aromatic rings. The van der Waals surface area contributed by atoms with Gasteiger partial charge in [0.25, 0.3) is 0 Å². The summed E-state index contributed by atoms with van der Waals surface area (Å²) in [6.07, 6.45) is 0.996. The quantitative estimate of drug-likeness (QED) is 0.839. The summed E-state index contributed by atoms with van der Waals surface area (Å²) in [6.45, 7) is 2.08. The fourth-order valence-electron chi connectivity index (χ4n) is 2.64. The number of aromatic nitrogens is 1. The van der Waals surface area contributed by atoms with E-state index < -0.39 is 0 Å². The third-order valence-electron chi connectivity index (χ3n) is 3.88. The summed E-state index contributed by atoms with van der Waals surface area (Å²) in [6, 6.07) is 12.5. The fraction of sp³-hybridized carbons (Fsp3) is 0.294. The Morgan fingerprint density at radius 3 is 3.00 bits per heavy atom. The number of likely N-dealkylation sites (N-methyl/N-ethyl adjacent to an activating group) is 1. The topological polar surface area (TPSA) is 41.1 Å². The number of halogens is 1. The SMILES string of the molecule is C[NH+]1CCc2nc(SCc3ccccc3Br)c(C#N)cc2C1. The van der Waals surface area contributed by atoms with Gasteiger partial charge < -0.3 is 4.90 Å². The first-order valence-electron chi connectivity index (χ1n) is 7.28. The first-order valence-corrected chi connectivity index (χ1v) is 9.05. The molecule has 3 rings (SSSR count). The minimum atomic E-state index is 0.700. The molecule has 0 saturated carbocycles. The number of quaternary nitrogens is 1. The van der Waals surface area contributed by atoms with Crippen LogP contribution >= 0.6 is 27.7 Å². The van der Waals surface area contributed by atoms with Crippen molar-refractivity contribution in [3.8, 4) is 6.07 Å². The van der Waals surface area contributed by atoms with Gasteiger partial charge >= 0.3 is 0 Å². The Morgan fingerprint density at radius 2 is 2.23 bits per heavy atom. The van der Waals surface area contributed by atoms with E-state index in [4.69, 9.17) is 4.98 Å². The van der Waals surface area contributed by atoms with Crippen molar-refractivity contribution in [2.24, 2.45) is 0 Å². The average Bonchev–Trinajstić information content (AvgIpc) is 2.53. The van der Waals surface area contributed by atoms with Gasteiger partial charge in [-0.3, -0.25) is 0 Å². The maximum atomic E-state index is 9.42. The van der Waals surface area contributed by atoms with Crippen molar-refractivity contribution in [3.05, 3.63) is 57.2 Å². The van der Waals surface area contributed by atoms with Crippen LogP contribution in [0.3, 0.4) is 0 Å². The molecule has 0 fully saturated rings. The fourth-order valence-corrected chi connectivity index (χ4v) is 4.23. The Bertz CT molecular complexity index is 739. The number of nitrogens with one attached hydrogen (secondary N) is 1. The number of hydrogen-bond acceptors (Lipinski definition) is 3. The monoisotopic (exact) mass is 374 g/mol. The first-order chi connectivity index (χ1) is 10.7. The van der Waals surface area contributed by atoms with Crippen molar-refractivity contribution in [3.63, 3.8) is 0 Å². The Morgan fingerprint density at radius 1 is 1.41 bits per heavy atom. The summed E-state index contributed by atoms with van der Waals surface area (Å²) >= 11 is 5.21. The van der Waals surface area contributed by atoms with Crippen LogP contribution in [0, 0.1) is 11.3 Å². The summed E-state index contributed by atoms with van der Waals surface area (Å²) < 4.78 is 1.10. The van der Waals surface area contributed by atoms with Gasteiger partial charge in [-0.2, -0.15) is 5.26 Å². The molecule has 0 saturated heterocycles. The van der Waals surface area contributed by atoms with Crippen LogP contribution in [0.1, 0.15) is 22.4 Å². The number of rotatable bonds is 3. The van der Waals surface area contributed by atoms with Crippen LogP contribution < -0.4 is 4.90 Å². The number of thioether (sulfide) groups is 1. The lowest BCUT2D eigenvalue weighted by Gasteiger charge is -2.22. The predicted molar refractivity (Wildman–Crippen MR) is 91.8 cm³/mol. The Hall–Kier alpha value is -1.35. The highest BCUT2D eigenvalue weighted by Gasteiger charge is 2.20. The maximum Gasteiger partial charge on any atom is 0.114 e. The number of nitriles is 1. The lowest BCUT2D eigenvalue weighted by Crippen LogP contribution is -3.08. The second-order valence-corrected chi connectivity index (χ2v) is 7.39. The molecule has 0 radical (unpaired) electrons. The van der Waals surface area contributed by atoms with Crippen LogP contribution in [0.25, 0.3) is 0 Å². The predicted octanol–water partition coefficient (Wildman–Crippen LogP) is 2.58. The molecule has 1 aliphatic rings. The second kappa shape index (κ2) is 6.82. The highest BCUT2D eigenvalue weighted by Crippen LogP contribution is 2.29. The first kappa shape index (κ1) is 15.5. The highest BCUT2D eigenvalue weighted by molar-refractivity contribution is 9.10. The summed E-state index contributed by atoms with van der Waals surface area (Å²) in [5, 5.41) is 10.3. The third kappa shape index (κ3) is 3.35. The molecule has 3 nitrogen and oxygen atoms in total. The zero-order valence-corrected chi connectivity index (χ0v) is 14.8. The summed E-state index contributed by atoms with van der Waals surface area (Å²) in [4.78, 5) is 6.25. The van der Waals surface area contributed by atoms with Crippen LogP contribution in [0.5, 0.6) is 0 Å². The molecular weight excluding hydrogens is 358 g/mol. The summed E-state index contributed by atoms with van der Waals surface area (Å²) in [5.41, 5.74) is 4.32. The third-order valence-corrected chi connectivity index (χ3v) is 5.69. The lowest BCUT2D eigenvalue weighted by molar-refractivity contribution is -0.895. The molecule has 112 valence electrons. The molecular formula is C17H17BrN3S+. The van der Waals surface area contributed by atoms with Gasteiger partial charge in [0.1, 0.15) is 17.6 Å². The molecule has 0 amide bonds. The second-order valence-electron chi connectivity index (χ2n) is 5.57. The Labute approximate surface area is 143 Å². The molecule has 0 aliphatic carbocycles. The van der Waals surface area contributed by atoms with E-state index in [0.717, 1.165) is 34.8 Å². The molecule has 1 aromatic heterocycles. The van der Waals surface area contributed by atoms with E-state index in [1.54, 1.807) is 11.8 Å². The zero-order chi connectivity index (χ0) is 15.5. The Kier molecular flexibility index (Phi) is 4.82. The van der Waals surface area contributed by atoms with Gasteiger partial charge in [0.05, 0.1) is 24.8 Å². The van der Waals surface area contributed by atoms with Crippen LogP contribution in [-0.2, 0) is 18.7 Å². The van der Waals surface area contributed by atoms with E-state index in [1.807, 2.05) is 24.3 Å². The molecule has 22 heavy (non-hydrogen) atoms. The van der Waals surface area contributed by atoms with Crippen LogP contribution in [-0.4, -0.2) is 18.6 Å². The number of nitrogens with zero attached hydrogens (tertiary/aromatic N) is 2. The molecule has 1 atom stereocenters. The zero-order valence-electron chi connectivity index (χ0n) is 12.4. The molecule has 0 bridgehead atoms. The van der Waals surface area contributed by atoms with E-state index in [1.165, 1.54) is 21.7 Å². The number of pyridine rings is 1. The van der Waals surface area contributed by atoms with Crippen LogP contribution in [0.2, 0.25) is 0 Å². The largest absolute Gasteiger partial charge is 0.333 e. The molecule has 0 spiro atoms. The minimum Gasteiger partial charge on any atom is -0.333 e. The van der Waals surface area contributed by atoms with E-state index >= 15 is 0 Å². The van der Waals surface area contributed by atoms with Gasteiger partial charge in [-0.1, -0.05) is 34.1 Å². The van der Waals surface area contributed by atoms with Gasteiger partial charge in [-0.25, -0.2) is 4.98 Å². The van der Waals surface area contributed by atoms with Crippen molar-refractivity contribution in [2.75, 3.05) is 13.6 Å². The number of fused-ring (bicyclic) bond motifs is 1. The van der Waals surface area contributed by atoms with Gasteiger partial charge in [-0.15, -0.1) is 11.8 Å². The molecule has 1 N–H and O–H groups in total. The highest BCUT2D eigenvalue weighted by atomic mass is 79.9. The Balaban J connectivity index is 1.85. The standard InChI is InChI=1S/C17H16BrN3S/c1-21-7-6-16-14(10-21)8-13(9-19)17(20-16)22-11-12-4-2-3-5-15(12)18/h2-5,8H,6-7,10-11H2,1H3/p+1. The molecule has 5 heteroatoms. The van der Waals surface area contributed by atoms with Crippen molar-refractivity contribution in [2.45, 2.75) is 23.7 Å². The summed E-state index contributed by atoms with van der Waals surface area (Å²) in [7, 11) is 2.19. The van der Waals surface area contributed by atoms with Gasteiger partial charge in [-0.05, 0) is 17.7 Å². The minimum absolute atomic E-state index is 0.700. The van der Waals surface area contributed by atoms with Crippen LogP contribution in [0.4, 0.5) is 0 Å². The van der Waals surface area contributed by atoms with E-state index in [9.17, 15) is 5.26 Å². The average molecular weight is 375 g/mol. The molecule has 2 heterocycles.